The first kappa shape index (κ1) is 6.40. The Labute approximate surface area is 72.2 Å². The quantitative estimate of drug-likeness (QED) is 0.601. The molecule has 1 aliphatic rings. The molecule has 2 heteroatoms. The first-order chi connectivity index (χ1) is 6.11. The van der Waals surface area contributed by atoms with Gasteiger partial charge in [-0.15, -0.1) is 0 Å². The lowest BCUT2D eigenvalue weighted by Crippen LogP contribution is -2.19. The molecule has 2 N–H and O–H groups in total. The largest absolute Gasteiger partial charge is 0.386 e. The van der Waals surface area contributed by atoms with Crippen molar-refractivity contribution in [1.82, 2.24) is 0 Å². The van der Waals surface area contributed by atoms with Crippen LogP contribution in [-0.2, 0) is 0 Å². The van der Waals surface area contributed by atoms with E-state index in [-0.39, 0.29) is 0 Å². The molecular formula is C10H10O2. The van der Waals surface area contributed by atoms with E-state index in [4.69, 9.17) is 1.37 Å². The summed E-state index contributed by atoms with van der Waals surface area (Å²) < 4.78 is 7.38. The van der Waals surface area contributed by atoms with Crippen molar-refractivity contribution in [2.24, 2.45) is 0 Å². The Kier molecular flexibility index (Phi) is 1.46. The van der Waals surface area contributed by atoms with E-state index in [1.807, 2.05) is 12.1 Å². The minimum Gasteiger partial charge on any atom is -0.386 e. The van der Waals surface area contributed by atoms with Crippen molar-refractivity contribution in [2.75, 3.05) is 0 Å². The molecule has 2 atom stereocenters. The molecule has 0 heterocycles. The lowest BCUT2D eigenvalue weighted by Gasteiger charge is -2.21. The maximum atomic E-state index is 9.60. The molecule has 2 rings (SSSR count). The summed E-state index contributed by atoms with van der Waals surface area (Å²) in [5.41, 5.74) is 1.45. The van der Waals surface area contributed by atoms with Crippen molar-refractivity contribution >= 4 is 6.08 Å². The van der Waals surface area contributed by atoms with Crippen LogP contribution in [-0.4, -0.2) is 16.3 Å². The summed E-state index contributed by atoms with van der Waals surface area (Å²) in [6.07, 6.45) is -0.114. The molecule has 0 fully saturated rings. The zero-order valence-electron chi connectivity index (χ0n) is 7.44. The first-order valence-electron chi connectivity index (χ1n) is 4.30. The summed E-state index contributed by atoms with van der Waals surface area (Å²) in [5, 5.41) is 19.0. The van der Waals surface area contributed by atoms with E-state index >= 15 is 0 Å². The molecule has 1 aromatic carbocycles. The summed E-state index contributed by atoms with van der Waals surface area (Å²) in [5.74, 6) is 0. The Balaban J connectivity index is 2.55. The fraction of sp³-hybridized carbons (Fsp3) is 0.200. The van der Waals surface area contributed by atoms with Crippen LogP contribution >= 0.6 is 0 Å². The predicted octanol–water partition coefficient (Wildman–Crippen LogP) is 1.11. The number of benzene rings is 1. The average Bonchev–Trinajstić information content (AvgIpc) is 2.13. The third-order valence-electron chi connectivity index (χ3n) is 2.00. The highest BCUT2D eigenvalue weighted by molar-refractivity contribution is 5.58. The van der Waals surface area contributed by atoms with Gasteiger partial charge in [0, 0.05) is 0 Å². The molecule has 0 aliphatic heterocycles. The lowest BCUT2D eigenvalue weighted by molar-refractivity contribution is 0.0470. The van der Waals surface area contributed by atoms with Gasteiger partial charge in [0.1, 0.15) is 12.2 Å². The molecule has 0 unspecified atom stereocenters. The van der Waals surface area contributed by atoms with Crippen molar-refractivity contribution in [2.45, 2.75) is 12.2 Å². The third kappa shape index (κ3) is 1.05. The van der Waals surface area contributed by atoms with Crippen LogP contribution < -0.4 is 0 Å². The van der Waals surface area contributed by atoms with Crippen LogP contribution in [0.3, 0.4) is 0 Å². The number of rotatable bonds is 0. The fourth-order valence-corrected chi connectivity index (χ4v) is 1.34. The molecule has 1 aliphatic carbocycles. The smallest absolute Gasteiger partial charge is 0.109 e. The molecule has 0 radical (unpaired) electrons. The van der Waals surface area contributed by atoms with Gasteiger partial charge < -0.3 is 10.2 Å². The molecule has 2 nitrogen and oxygen atoms in total. The molecule has 0 saturated heterocycles. The van der Waals surface area contributed by atoms with Gasteiger partial charge in [0.15, 0.2) is 0 Å². The van der Waals surface area contributed by atoms with Crippen LogP contribution in [0.15, 0.2) is 30.3 Å². The van der Waals surface area contributed by atoms with Gasteiger partial charge in [-0.3, -0.25) is 0 Å². The van der Waals surface area contributed by atoms with E-state index in [1.165, 1.54) is 6.08 Å². The second kappa shape index (κ2) is 2.73. The molecule has 0 spiro atoms. The van der Waals surface area contributed by atoms with Crippen molar-refractivity contribution in [3.63, 3.8) is 0 Å². The van der Waals surface area contributed by atoms with Crippen molar-refractivity contribution in [1.29, 1.82) is 0 Å². The Bertz CT molecular complexity index is 358. The van der Waals surface area contributed by atoms with Crippen LogP contribution in [0, 0.1) is 0 Å². The topological polar surface area (TPSA) is 40.5 Å². The monoisotopic (exact) mass is 163 g/mol. The average molecular weight is 163 g/mol. The van der Waals surface area contributed by atoms with E-state index < -0.39 is 12.2 Å². The summed E-state index contributed by atoms with van der Waals surface area (Å²) in [6, 6.07) is 7.18. The van der Waals surface area contributed by atoms with E-state index in [0.717, 1.165) is 5.56 Å². The van der Waals surface area contributed by atoms with Gasteiger partial charge in [-0.25, -0.2) is 0 Å². The lowest BCUT2D eigenvalue weighted by atomic mass is 9.93. The normalized spacial score (nSPS) is 34.2. The number of hydrogen-bond donors (Lipinski definition) is 2. The van der Waals surface area contributed by atoms with E-state index in [2.05, 4.69) is 0 Å². The fourth-order valence-electron chi connectivity index (χ4n) is 1.34. The summed E-state index contributed by atoms with van der Waals surface area (Å²) in [7, 11) is 0. The molecule has 1 aromatic rings. The standard InChI is InChI=1S/C10H10O2/c11-9-6-5-7-3-1-2-4-8(7)10(9)12/h1-6,9-12H/t9-,10-/m0/s1/i9D. The molecule has 0 saturated carbocycles. The molecule has 0 bridgehead atoms. The van der Waals surface area contributed by atoms with E-state index in [1.54, 1.807) is 18.2 Å². The maximum absolute atomic E-state index is 9.60. The van der Waals surface area contributed by atoms with Gasteiger partial charge in [-0.1, -0.05) is 36.4 Å². The number of aliphatic hydroxyl groups excluding tert-OH is 1. The van der Waals surface area contributed by atoms with Crippen molar-refractivity contribution in [3.8, 4) is 0 Å². The zero-order chi connectivity index (χ0) is 9.47. The minimum absolute atomic E-state index is 0.600. The highest BCUT2D eigenvalue weighted by atomic mass is 16.3. The molecule has 0 aromatic heterocycles. The summed E-state index contributed by atoms with van der Waals surface area (Å²) >= 11 is 0. The van der Waals surface area contributed by atoms with Crippen LogP contribution in [0.2, 0.25) is 0 Å². The predicted molar refractivity (Wildman–Crippen MR) is 46.4 cm³/mol. The summed E-state index contributed by atoms with van der Waals surface area (Å²) in [4.78, 5) is 0. The van der Waals surface area contributed by atoms with E-state index in [0.29, 0.717) is 5.56 Å². The number of aliphatic hydroxyl groups is 2. The first-order valence-corrected chi connectivity index (χ1v) is 3.80. The number of fused-ring (bicyclic) bond motifs is 1. The van der Waals surface area contributed by atoms with Crippen LogP contribution in [0.5, 0.6) is 0 Å². The van der Waals surface area contributed by atoms with Gasteiger partial charge in [-0.05, 0) is 11.1 Å². The molecular weight excluding hydrogens is 152 g/mol. The Morgan fingerprint density at radius 2 is 2.00 bits per heavy atom. The van der Waals surface area contributed by atoms with Gasteiger partial charge in [0.05, 0.1) is 1.37 Å². The molecule has 12 heavy (non-hydrogen) atoms. The van der Waals surface area contributed by atoms with E-state index in [9.17, 15) is 10.2 Å². The molecule has 0 amide bonds. The Hall–Kier alpha value is -1.12. The van der Waals surface area contributed by atoms with Crippen LogP contribution in [0.4, 0.5) is 0 Å². The highest BCUT2D eigenvalue weighted by Gasteiger charge is 2.20. The van der Waals surface area contributed by atoms with Crippen LogP contribution in [0.25, 0.3) is 6.08 Å². The van der Waals surface area contributed by atoms with Gasteiger partial charge in [0.25, 0.3) is 0 Å². The number of hydrogen-bond acceptors (Lipinski definition) is 2. The van der Waals surface area contributed by atoms with Crippen molar-refractivity contribution < 1.29 is 11.6 Å². The SMILES string of the molecule is [2H][C@]1(O)C=Cc2ccccc2[C@@H]1O. The zero-order valence-corrected chi connectivity index (χ0v) is 6.44. The van der Waals surface area contributed by atoms with Gasteiger partial charge in [0.2, 0.25) is 0 Å². The van der Waals surface area contributed by atoms with Crippen molar-refractivity contribution in [3.05, 3.63) is 41.5 Å². The van der Waals surface area contributed by atoms with Crippen LogP contribution in [0.1, 0.15) is 18.6 Å². The Morgan fingerprint density at radius 1 is 1.25 bits per heavy atom. The minimum atomic E-state index is -1.89. The van der Waals surface area contributed by atoms with Gasteiger partial charge in [-0.2, -0.15) is 0 Å². The molecule has 62 valence electrons. The maximum Gasteiger partial charge on any atom is 0.109 e. The summed E-state index contributed by atoms with van der Waals surface area (Å²) in [6.45, 7) is 0. The van der Waals surface area contributed by atoms with Gasteiger partial charge >= 0.3 is 0 Å². The third-order valence-corrected chi connectivity index (χ3v) is 2.00. The Morgan fingerprint density at radius 3 is 2.83 bits per heavy atom. The highest BCUT2D eigenvalue weighted by Crippen LogP contribution is 2.27. The second-order valence-corrected chi connectivity index (χ2v) is 2.79. The second-order valence-electron chi connectivity index (χ2n) is 2.79.